The molecule has 0 saturated carbocycles. The minimum Gasteiger partial charge on any atom is -0.438 e. The Kier molecular flexibility index (Phi) is 6.02. The molecule has 1 aliphatic carbocycles. The smallest absolute Gasteiger partial charge is 0.315 e. The summed E-state index contributed by atoms with van der Waals surface area (Å²) >= 11 is 0. The molecule has 5 heteroatoms. The van der Waals surface area contributed by atoms with Gasteiger partial charge in [0.05, 0.1) is 11.8 Å². The van der Waals surface area contributed by atoms with E-state index in [0.29, 0.717) is 18.6 Å². The molecule has 0 amide bonds. The summed E-state index contributed by atoms with van der Waals surface area (Å²) in [5.74, 6) is -0.607. The second-order valence-electron chi connectivity index (χ2n) is 5.18. The highest BCUT2D eigenvalue weighted by Gasteiger charge is 2.25. The van der Waals surface area contributed by atoms with Crippen molar-refractivity contribution < 1.29 is 24.2 Å². The molecule has 108 valence electrons. The first-order valence-electron chi connectivity index (χ1n) is 6.65. The van der Waals surface area contributed by atoms with Gasteiger partial charge < -0.3 is 14.6 Å². The van der Waals surface area contributed by atoms with Gasteiger partial charge in [-0.2, -0.15) is 0 Å². The SMILES string of the molecule is CC(C)C(C)C(=O)OC1=CC(C(=O)OCO)CCC1. The molecule has 1 N–H and O–H groups in total. The number of esters is 2. The van der Waals surface area contributed by atoms with Gasteiger partial charge in [0.15, 0.2) is 6.79 Å². The zero-order valence-corrected chi connectivity index (χ0v) is 11.7. The van der Waals surface area contributed by atoms with E-state index in [2.05, 4.69) is 4.74 Å². The molecular weight excluding hydrogens is 248 g/mol. The largest absolute Gasteiger partial charge is 0.438 e. The van der Waals surface area contributed by atoms with Crippen LogP contribution < -0.4 is 0 Å². The summed E-state index contributed by atoms with van der Waals surface area (Å²) < 4.78 is 9.88. The minimum absolute atomic E-state index is 0.175. The molecule has 0 heterocycles. The molecule has 0 aromatic carbocycles. The van der Waals surface area contributed by atoms with Crippen molar-refractivity contribution in [2.24, 2.45) is 17.8 Å². The van der Waals surface area contributed by atoms with Gasteiger partial charge in [-0.3, -0.25) is 9.59 Å². The maximum absolute atomic E-state index is 11.8. The van der Waals surface area contributed by atoms with Gasteiger partial charge in [0, 0.05) is 6.42 Å². The van der Waals surface area contributed by atoms with E-state index in [-0.39, 0.29) is 17.8 Å². The van der Waals surface area contributed by atoms with Crippen LogP contribution in [0.5, 0.6) is 0 Å². The Morgan fingerprint density at radius 2 is 2.11 bits per heavy atom. The molecule has 19 heavy (non-hydrogen) atoms. The molecule has 0 radical (unpaired) electrons. The molecule has 0 spiro atoms. The topological polar surface area (TPSA) is 72.8 Å². The third kappa shape index (κ3) is 4.67. The van der Waals surface area contributed by atoms with Crippen LogP contribution in [0.25, 0.3) is 0 Å². The molecule has 5 nitrogen and oxygen atoms in total. The predicted molar refractivity (Wildman–Crippen MR) is 68.7 cm³/mol. The molecule has 1 rings (SSSR count). The molecule has 0 saturated heterocycles. The molecule has 0 bridgehead atoms. The molecule has 1 aliphatic rings. The Morgan fingerprint density at radius 1 is 1.42 bits per heavy atom. The number of carbonyl (C=O) groups excluding carboxylic acids is 2. The van der Waals surface area contributed by atoms with Crippen molar-refractivity contribution in [3.8, 4) is 0 Å². The van der Waals surface area contributed by atoms with E-state index in [0.717, 1.165) is 6.42 Å². The van der Waals surface area contributed by atoms with E-state index >= 15 is 0 Å². The fourth-order valence-electron chi connectivity index (χ4n) is 1.82. The van der Waals surface area contributed by atoms with Gasteiger partial charge in [-0.15, -0.1) is 0 Å². The van der Waals surface area contributed by atoms with Gasteiger partial charge in [0.2, 0.25) is 0 Å². The fourth-order valence-corrected chi connectivity index (χ4v) is 1.82. The first-order valence-corrected chi connectivity index (χ1v) is 6.65. The Balaban J connectivity index is 2.62. The van der Waals surface area contributed by atoms with E-state index in [9.17, 15) is 9.59 Å². The number of aliphatic hydroxyl groups is 1. The lowest BCUT2D eigenvalue weighted by Gasteiger charge is -2.21. The standard InChI is InChI=1S/C14H22O5/c1-9(2)10(3)13(16)19-12-6-4-5-11(7-12)14(17)18-8-15/h7,9-11,15H,4-6,8H2,1-3H3. The van der Waals surface area contributed by atoms with Gasteiger partial charge in [0.1, 0.15) is 5.76 Å². The molecule has 0 aromatic heterocycles. The Bertz CT molecular complexity index is 359. The van der Waals surface area contributed by atoms with Crippen molar-refractivity contribution in [2.75, 3.05) is 6.79 Å². The second kappa shape index (κ2) is 7.28. The van der Waals surface area contributed by atoms with Crippen LogP contribution in [0.4, 0.5) is 0 Å². The van der Waals surface area contributed by atoms with Crippen molar-refractivity contribution in [1.82, 2.24) is 0 Å². The Labute approximate surface area is 113 Å². The number of ether oxygens (including phenoxy) is 2. The monoisotopic (exact) mass is 270 g/mol. The van der Waals surface area contributed by atoms with Crippen molar-refractivity contribution in [3.63, 3.8) is 0 Å². The highest BCUT2D eigenvalue weighted by molar-refractivity contribution is 5.76. The van der Waals surface area contributed by atoms with Gasteiger partial charge in [0.25, 0.3) is 0 Å². The number of aliphatic hydroxyl groups excluding tert-OH is 1. The summed E-state index contributed by atoms with van der Waals surface area (Å²) in [5, 5.41) is 8.56. The Morgan fingerprint density at radius 3 is 2.68 bits per heavy atom. The van der Waals surface area contributed by atoms with Gasteiger partial charge >= 0.3 is 11.9 Å². The summed E-state index contributed by atoms with van der Waals surface area (Å²) in [6.45, 7) is 5.13. The van der Waals surface area contributed by atoms with E-state index < -0.39 is 18.7 Å². The Hall–Kier alpha value is -1.36. The number of allylic oxidation sites excluding steroid dienone is 1. The van der Waals surface area contributed by atoms with Crippen LogP contribution in [-0.4, -0.2) is 23.8 Å². The first kappa shape index (κ1) is 15.7. The molecule has 2 unspecified atom stereocenters. The molecular formula is C14H22O5. The van der Waals surface area contributed by atoms with Crippen molar-refractivity contribution in [2.45, 2.75) is 40.0 Å². The summed E-state index contributed by atoms with van der Waals surface area (Å²) in [6.07, 6.45) is 3.70. The number of carbonyl (C=O) groups is 2. The number of hydrogen-bond donors (Lipinski definition) is 1. The lowest BCUT2D eigenvalue weighted by molar-refractivity contribution is -0.156. The maximum Gasteiger partial charge on any atom is 0.315 e. The highest BCUT2D eigenvalue weighted by Crippen LogP contribution is 2.26. The lowest BCUT2D eigenvalue weighted by Crippen LogP contribution is -2.23. The first-order chi connectivity index (χ1) is 8.95. The molecule has 0 aliphatic heterocycles. The maximum atomic E-state index is 11.8. The lowest BCUT2D eigenvalue weighted by atomic mass is 9.94. The van der Waals surface area contributed by atoms with Crippen LogP contribution in [0.15, 0.2) is 11.8 Å². The van der Waals surface area contributed by atoms with E-state index in [1.54, 1.807) is 6.08 Å². The van der Waals surface area contributed by atoms with E-state index in [4.69, 9.17) is 9.84 Å². The van der Waals surface area contributed by atoms with Gasteiger partial charge in [-0.05, 0) is 24.8 Å². The van der Waals surface area contributed by atoms with Crippen molar-refractivity contribution in [1.29, 1.82) is 0 Å². The third-order valence-corrected chi connectivity index (χ3v) is 3.44. The normalized spacial score (nSPS) is 20.7. The minimum atomic E-state index is -0.622. The van der Waals surface area contributed by atoms with Crippen LogP contribution >= 0.6 is 0 Å². The van der Waals surface area contributed by atoms with Gasteiger partial charge in [-0.25, -0.2) is 0 Å². The average molecular weight is 270 g/mol. The van der Waals surface area contributed by atoms with Crippen LogP contribution in [0.3, 0.4) is 0 Å². The zero-order valence-electron chi connectivity index (χ0n) is 11.7. The van der Waals surface area contributed by atoms with E-state index in [1.165, 1.54) is 0 Å². The van der Waals surface area contributed by atoms with Crippen LogP contribution in [0.2, 0.25) is 0 Å². The predicted octanol–water partition coefficient (Wildman–Crippen LogP) is 2.00. The summed E-state index contributed by atoms with van der Waals surface area (Å²) in [4.78, 5) is 23.3. The number of hydrogen-bond acceptors (Lipinski definition) is 5. The van der Waals surface area contributed by atoms with Gasteiger partial charge in [-0.1, -0.05) is 20.8 Å². The third-order valence-electron chi connectivity index (χ3n) is 3.44. The molecule has 2 atom stereocenters. The number of rotatable bonds is 5. The van der Waals surface area contributed by atoms with E-state index in [1.807, 2.05) is 20.8 Å². The molecule has 0 aromatic rings. The quantitative estimate of drug-likeness (QED) is 0.611. The summed E-state index contributed by atoms with van der Waals surface area (Å²) in [5.41, 5.74) is 0. The molecule has 0 fully saturated rings. The second-order valence-corrected chi connectivity index (χ2v) is 5.18. The van der Waals surface area contributed by atoms with Crippen LogP contribution in [-0.2, 0) is 19.1 Å². The van der Waals surface area contributed by atoms with Crippen LogP contribution in [0, 0.1) is 17.8 Å². The highest BCUT2D eigenvalue weighted by atomic mass is 16.6. The van der Waals surface area contributed by atoms with Crippen molar-refractivity contribution >= 4 is 11.9 Å². The zero-order chi connectivity index (χ0) is 14.4. The summed E-state index contributed by atoms with van der Waals surface area (Å²) in [6, 6.07) is 0. The van der Waals surface area contributed by atoms with Crippen molar-refractivity contribution in [3.05, 3.63) is 11.8 Å². The summed E-state index contributed by atoms with van der Waals surface area (Å²) in [7, 11) is 0. The average Bonchev–Trinajstić information content (AvgIpc) is 2.38. The fraction of sp³-hybridized carbons (Fsp3) is 0.714. The van der Waals surface area contributed by atoms with Crippen LogP contribution in [0.1, 0.15) is 40.0 Å².